The van der Waals surface area contributed by atoms with Crippen molar-refractivity contribution in [2.24, 2.45) is 0 Å². The van der Waals surface area contributed by atoms with Crippen LogP contribution in [0.3, 0.4) is 0 Å². The summed E-state index contributed by atoms with van der Waals surface area (Å²) in [6.45, 7) is 1.70. The van der Waals surface area contributed by atoms with Gasteiger partial charge < -0.3 is 9.80 Å². The first-order valence-corrected chi connectivity index (χ1v) is 9.07. The molecule has 1 aromatic carbocycles. The smallest absolute Gasteiger partial charge is 0.230 e. The molecule has 2 saturated heterocycles. The van der Waals surface area contributed by atoms with Crippen LogP contribution < -0.4 is 4.90 Å². The van der Waals surface area contributed by atoms with Crippen molar-refractivity contribution in [2.75, 3.05) is 25.0 Å². The van der Waals surface area contributed by atoms with E-state index >= 15 is 0 Å². The summed E-state index contributed by atoms with van der Waals surface area (Å²) in [5.74, 6) is 1.05. The van der Waals surface area contributed by atoms with E-state index in [4.69, 9.17) is 5.26 Å². The molecule has 1 atom stereocenters. The van der Waals surface area contributed by atoms with Crippen molar-refractivity contribution in [3.8, 4) is 6.07 Å². The third kappa shape index (κ3) is 2.72. The third-order valence-electron chi connectivity index (χ3n) is 6.02. The van der Waals surface area contributed by atoms with E-state index in [9.17, 15) is 4.79 Å². The fourth-order valence-electron chi connectivity index (χ4n) is 4.37. The summed E-state index contributed by atoms with van der Waals surface area (Å²) in [6.07, 6.45) is 4.43. The summed E-state index contributed by atoms with van der Waals surface area (Å²) in [5.41, 5.74) is 1.68. The molecule has 1 amide bonds. The first kappa shape index (κ1) is 16.6. The number of pyridine rings is 1. The molecular weight excluding hydrogens is 324 g/mol. The number of hydrogen-bond donors (Lipinski definition) is 0. The Kier molecular flexibility index (Phi) is 4.12. The number of benzene rings is 1. The van der Waals surface area contributed by atoms with Gasteiger partial charge in [-0.15, -0.1) is 0 Å². The number of carbonyl (C=O) groups is 1. The predicted molar refractivity (Wildman–Crippen MR) is 99.7 cm³/mol. The van der Waals surface area contributed by atoms with Crippen LogP contribution in [0.2, 0.25) is 0 Å². The molecule has 2 aliphatic rings. The van der Waals surface area contributed by atoms with Crippen molar-refractivity contribution in [2.45, 2.75) is 30.7 Å². The molecule has 132 valence electrons. The van der Waals surface area contributed by atoms with Gasteiger partial charge >= 0.3 is 0 Å². The molecule has 1 aromatic heterocycles. The van der Waals surface area contributed by atoms with Crippen LogP contribution in [0.4, 0.5) is 5.82 Å². The highest BCUT2D eigenvalue weighted by Crippen LogP contribution is 2.45. The van der Waals surface area contributed by atoms with E-state index in [1.165, 1.54) is 0 Å². The standard InChI is InChI=1S/C21H22N4O/c1-24-20(26)18(17-5-3-2-4-6-17)14-21(24)8-11-25(12-9-21)19-13-16(15-22)7-10-23-19/h2-7,10,13,18H,8-9,11-12,14H2,1H3/t18-/m1/s1. The molecule has 3 heterocycles. The monoisotopic (exact) mass is 346 g/mol. The summed E-state index contributed by atoms with van der Waals surface area (Å²) in [6, 6.07) is 15.9. The van der Waals surface area contributed by atoms with Gasteiger partial charge in [0.05, 0.1) is 17.6 Å². The Morgan fingerprint density at radius 3 is 2.62 bits per heavy atom. The molecule has 4 rings (SSSR count). The van der Waals surface area contributed by atoms with Crippen LogP contribution in [0.5, 0.6) is 0 Å². The number of piperidine rings is 1. The second kappa shape index (κ2) is 6.45. The number of hydrogen-bond acceptors (Lipinski definition) is 4. The minimum Gasteiger partial charge on any atom is -0.356 e. The Morgan fingerprint density at radius 2 is 1.92 bits per heavy atom. The maximum Gasteiger partial charge on any atom is 0.230 e. The molecule has 0 saturated carbocycles. The second-order valence-electron chi connectivity index (χ2n) is 7.29. The molecule has 2 aromatic rings. The van der Waals surface area contributed by atoms with Crippen LogP contribution in [0.25, 0.3) is 0 Å². The van der Waals surface area contributed by atoms with Gasteiger partial charge in [0.25, 0.3) is 0 Å². The van der Waals surface area contributed by atoms with Crippen LogP contribution in [0.1, 0.15) is 36.3 Å². The molecule has 2 aliphatic heterocycles. The molecule has 2 fully saturated rings. The minimum absolute atomic E-state index is 0.0345. The van der Waals surface area contributed by atoms with Crippen LogP contribution in [0, 0.1) is 11.3 Å². The summed E-state index contributed by atoms with van der Waals surface area (Å²) in [7, 11) is 1.95. The minimum atomic E-state index is -0.0685. The average Bonchev–Trinajstić information content (AvgIpc) is 2.94. The van der Waals surface area contributed by atoms with Gasteiger partial charge in [0.2, 0.25) is 5.91 Å². The zero-order valence-electron chi connectivity index (χ0n) is 14.9. The fourth-order valence-corrected chi connectivity index (χ4v) is 4.37. The van der Waals surface area contributed by atoms with E-state index in [1.807, 2.05) is 36.2 Å². The summed E-state index contributed by atoms with van der Waals surface area (Å²) in [5, 5.41) is 9.09. The summed E-state index contributed by atoms with van der Waals surface area (Å²) < 4.78 is 0. The molecule has 5 nitrogen and oxygen atoms in total. The summed E-state index contributed by atoms with van der Waals surface area (Å²) >= 11 is 0. The number of amides is 1. The van der Waals surface area contributed by atoms with Crippen molar-refractivity contribution >= 4 is 11.7 Å². The van der Waals surface area contributed by atoms with Gasteiger partial charge in [-0.25, -0.2) is 4.98 Å². The zero-order chi connectivity index (χ0) is 18.1. The first-order chi connectivity index (χ1) is 12.6. The number of anilines is 1. The zero-order valence-corrected chi connectivity index (χ0v) is 14.9. The van der Waals surface area contributed by atoms with Crippen LogP contribution in [0.15, 0.2) is 48.7 Å². The predicted octanol–water partition coefficient (Wildman–Crippen LogP) is 2.94. The average molecular weight is 346 g/mol. The Balaban J connectivity index is 1.51. The third-order valence-corrected chi connectivity index (χ3v) is 6.02. The normalized spacial score (nSPS) is 21.8. The van der Waals surface area contributed by atoms with E-state index < -0.39 is 0 Å². The lowest BCUT2D eigenvalue weighted by Gasteiger charge is -2.43. The van der Waals surface area contributed by atoms with E-state index in [1.54, 1.807) is 12.3 Å². The molecule has 1 spiro atoms. The topological polar surface area (TPSA) is 60.2 Å². The molecule has 0 radical (unpaired) electrons. The second-order valence-corrected chi connectivity index (χ2v) is 7.29. The number of nitriles is 1. The van der Waals surface area contributed by atoms with Crippen molar-refractivity contribution in [3.05, 3.63) is 59.8 Å². The van der Waals surface area contributed by atoms with Gasteiger partial charge in [-0.05, 0) is 37.0 Å². The van der Waals surface area contributed by atoms with E-state index in [0.29, 0.717) is 5.56 Å². The SMILES string of the molecule is CN1C(=O)[C@@H](c2ccccc2)CC12CCN(c1cc(C#N)ccn1)CC2. The maximum atomic E-state index is 12.9. The number of nitrogens with zero attached hydrogens (tertiary/aromatic N) is 4. The molecular formula is C21H22N4O. The van der Waals surface area contributed by atoms with Gasteiger partial charge in [0.1, 0.15) is 5.82 Å². The van der Waals surface area contributed by atoms with Crippen molar-refractivity contribution in [1.29, 1.82) is 5.26 Å². The summed E-state index contributed by atoms with van der Waals surface area (Å²) in [4.78, 5) is 21.5. The number of aromatic nitrogens is 1. The number of likely N-dealkylation sites (tertiary alicyclic amines) is 1. The molecule has 0 bridgehead atoms. The van der Waals surface area contributed by atoms with Crippen LogP contribution in [-0.2, 0) is 4.79 Å². The van der Waals surface area contributed by atoms with Crippen LogP contribution in [-0.4, -0.2) is 41.5 Å². The lowest BCUT2D eigenvalue weighted by Crippen LogP contribution is -2.51. The lowest BCUT2D eigenvalue weighted by molar-refractivity contribution is -0.131. The highest BCUT2D eigenvalue weighted by atomic mass is 16.2. The number of rotatable bonds is 2. The molecule has 0 aliphatic carbocycles. The highest BCUT2D eigenvalue weighted by Gasteiger charge is 2.50. The Hall–Kier alpha value is -2.87. The van der Waals surface area contributed by atoms with E-state index in [-0.39, 0.29) is 17.4 Å². The first-order valence-electron chi connectivity index (χ1n) is 9.07. The lowest BCUT2D eigenvalue weighted by atomic mass is 9.81. The molecule has 5 heteroatoms. The van der Waals surface area contributed by atoms with Crippen molar-refractivity contribution < 1.29 is 4.79 Å². The molecule has 0 N–H and O–H groups in total. The van der Waals surface area contributed by atoms with E-state index in [0.717, 1.165) is 43.7 Å². The van der Waals surface area contributed by atoms with Gasteiger partial charge in [-0.3, -0.25) is 4.79 Å². The Bertz CT molecular complexity index is 850. The van der Waals surface area contributed by atoms with Gasteiger partial charge in [0.15, 0.2) is 0 Å². The Morgan fingerprint density at radius 1 is 1.19 bits per heavy atom. The maximum absolute atomic E-state index is 12.9. The number of carbonyl (C=O) groups excluding carboxylic acids is 1. The number of likely N-dealkylation sites (N-methyl/N-ethyl adjacent to an activating group) is 1. The Labute approximate surface area is 153 Å². The van der Waals surface area contributed by atoms with Crippen LogP contribution >= 0.6 is 0 Å². The van der Waals surface area contributed by atoms with Gasteiger partial charge in [0, 0.05) is 31.9 Å². The van der Waals surface area contributed by atoms with E-state index in [2.05, 4.69) is 28.1 Å². The van der Waals surface area contributed by atoms with Crippen molar-refractivity contribution in [1.82, 2.24) is 9.88 Å². The van der Waals surface area contributed by atoms with Gasteiger partial charge in [-0.1, -0.05) is 30.3 Å². The largest absolute Gasteiger partial charge is 0.356 e. The quantitative estimate of drug-likeness (QED) is 0.839. The van der Waals surface area contributed by atoms with Crippen molar-refractivity contribution in [3.63, 3.8) is 0 Å². The van der Waals surface area contributed by atoms with Gasteiger partial charge in [-0.2, -0.15) is 5.26 Å². The molecule has 26 heavy (non-hydrogen) atoms. The molecule has 0 unspecified atom stereocenters. The highest BCUT2D eigenvalue weighted by molar-refractivity contribution is 5.87. The fraction of sp³-hybridized carbons (Fsp3) is 0.381.